The van der Waals surface area contributed by atoms with Gasteiger partial charge in [0, 0.05) is 12.0 Å². The summed E-state index contributed by atoms with van der Waals surface area (Å²) in [5.74, 6) is 1.22. The Kier molecular flexibility index (Phi) is 4.70. The van der Waals surface area contributed by atoms with E-state index in [0.717, 1.165) is 11.8 Å². The zero-order chi connectivity index (χ0) is 14.6. The second-order valence-corrected chi connectivity index (χ2v) is 4.94. The minimum Gasteiger partial charge on any atom is -0.496 e. The first kappa shape index (κ1) is 15.2. The van der Waals surface area contributed by atoms with Crippen molar-refractivity contribution in [2.45, 2.75) is 32.6 Å². The maximum atomic E-state index is 11.5. The van der Waals surface area contributed by atoms with Gasteiger partial charge < -0.3 is 14.3 Å². The smallest absolute Gasteiger partial charge is 0.131 e. The average molecular weight is 264 g/mol. The summed E-state index contributed by atoms with van der Waals surface area (Å²) in [5, 5.41) is 0. The van der Waals surface area contributed by atoms with Crippen molar-refractivity contribution in [3.63, 3.8) is 0 Å². The van der Waals surface area contributed by atoms with E-state index in [1.807, 2.05) is 13.0 Å². The second-order valence-electron chi connectivity index (χ2n) is 4.94. The summed E-state index contributed by atoms with van der Waals surface area (Å²) in [5.41, 5.74) is 0.680. The van der Waals surface area contributed by atoms with Crippen LogP contribution in [0, 0.1) is 6.92 Å². The summed E-state index contributed by atoms with van der Waals surface area (Å²) in [7, 11) is 3.12. The van der Waals surface area contributed by atoms with Crippen molar-refractivity contribution in [2.75, 3.05) is 14.2 Å². The van der Waals surface area contributed by atoms with Gasteiger partial charge in [0.15, 0.2) is 0 Å². The Morgan fingerprint density at radius 2 is 1.84 bits per heavy atom. The van der Waals surface area contributed by atoms with Crippen LogP contribution in [0.4, 0.5) is 0 Å². The molecule has 0 aliphatic heterocycles. The number of benzene rings is 1. The van der Waals surface area contributed by atoms with Gasteiger partial charge in [-0.1, -0.05) is 0 Å². The molecule has 0 aromatic heterocycles. The topological polar surface area (TPSA) is 52.6 Å². The average Bonchev–Trinajstić information content (AvgIpc) is 2.37. The van der Waals surface area contributed by atoms with E-state index in [-0.39, 0.29) is 12.2 Å². The number of Topliss-reactive ketones (excluding diaryl/α,β-unsaturated/α-hetero) is 1. The highest BCUT2D eigenvalue weighted by Gasteiger charge is 2.32. The van der Waals surface area contributed by atoms with E-state index in [1.165, 1.54) is 6.92 Å². The van der Waals surface area contributed by atoms with Crippen LogP contribution in [0.1, 0.15) is 31.4 Å². The highest BCUT2D eigenvalue weighted by atomic mass is 16.5. The summed E-state index contributed by atoms with van der Waals surface area (Å²) in [6, 6.07) is 3.58. The van der Waals surface area contributed by atoms with Gasteiger partial charge >= 0.3 is 0 Å². The molecule has 1 aromatic carbocycles. The largest absolute Gasteiger partial charge is 0.496 e. The van der Waals surface area contributed by atoms with Gasteiger partial charge in [-0.05, 0) is 38.5 Å². The van der Waals surface area contributed by atoms with Crippen molar-refractivity contribution in [3.8, 4) is 11.5 Å². The molecular weight excluding hydrogens is 244 g/mol. The van der Waals surface area contributed by atoms with Gasteiger partial charge in [0.2, 0.25) is 0 Å². The van der Waals surface area contributed by atoms with Crippen molar-refractivity contribution in [2.24, 2.45) is 0 Å². The van der Waals surface area contributed by atoms with Crippen molar-refractivity contribution in [1.82, 2.24) is 0 Å². The molecule has 1 rings (SSSR count). The highest BCUT2D eigenvalue weighted by Crippen LogP contribution is 2.37. The number of methoxy groups -OCH3 is 2. The molecule has 0 heterocycles. The van der Waals surface area contributed by atoms with Gasteiger partial charge in [0.25, 0.3) is 0 Å². The summed E-state index contributed by atoms with van der Waals surface area (Å²) in [6.45, 7) is 5.10. The molecule has 104 valence electrons. The molecule has 0 fully saturated rings. The number of aryl methyl sites for hydroxylation is 1. The van der Waals surface area contributed by atoms with E-state index in [4.69, 9.17) is 9.47 Å². The Morgan fingerprint density at radius 3 is 2.26 bits per heavy atom. The number of carbonyl (C=O) groups is 2. The third kappa shape index (κ3) is 3.13. The Labute approximate surface area is 113 Å². The monoisotopic (exact) mass is 264 g/mol. The SMILES string of the molecule is COc1cc([C@@](C)(C=O)CC(C)=O)c(OC)cc1C. The molecule has 0 N–H and O–H groups in total. The third-order valence-electron chi connectivity index (χ3n) is 3.21. The number of ether oxygens (including phenoxy) is 2. The maximum absolute atomic E-state index is 11.5. The molecule has 0 bridgehead atoms. The van der Waals surface area contributed by atoms with Crippen LogP contribution in [0.25, 0.3) is 0 Å². The van der Waals surface area contributed by atoms with E-state index in [9.17, 15) is 9.59 Å². The summed E-state index contributed by atoms with van der Waals surface area (Å²) in [6.07, 6.45) is 0.931. The number of ketones is 1. The lowest BCUT2D eigenvalue weighted by Gasteiger charge is -2.25. The lowest BCUT2D eigenvalue weighted by atomic mass is 9.78. The standard InChI is InChI=1S/C15H20O4/c1-10-6-14(19-5)12(7-13(10)18-4)15(3,9-16)8-11(2)17/h6-7,9H,8H2,1-5H3/t15-/m1/s1. The van der Waals surface area contributed by atoms with Gasteiger partial charge in [-0.15, -0.1) is 0 Å². The van der Waals surface area contributed by atoms with E-state index >= 15 is 0 Å². The van der Waals surface area contributed by atoms with Gasteiger partial charge in [0.1, 0.15) is 23.6 Å². The lowest BCUT2D eigenvalue weighted by molar-refractivity contribution is -0.122. The predicted octanol–water partition coefficient (Wildman–Crippen LogP) is 2.45. The molecule has 0 radical (unpaired) electrons. The van der Waals surface area contributed by atoms with Gasteiger partial charge in [0.05, 0.1) is 19.6 Å². The Balaban J connectivity index is 3.44. The fourth-order valence-electron chi connectivity index (χ4n) is 2.21. The van der Waals surface area contributed by atoms with Crippen molar-refractivity contribution < 1.29 is 19.1 Å². The minimum atomic E-state index is -0.905. The van der Waals surface area contributed by atoms with Crippen LogP contribution < -0.4 is 9.47 Å². The minimum absolute atomic E-state index is 0.0452. The molecule has 0 aliphatic rings. The van der Waals surface area contributed by atoms with Crippen LogP contribution in [-0.2, 0) is 15.0 Å². The van der Waals surface area contributed by atoms with E-state index in [0.29, 0.717) is 17.1 Å². The maximum Gasteiger partial charge on any atom is 0.131 e. The van der Waals surface area contributed by atoms with E-state index in [1.54, 1.807) is 27.2 Å². The lowest BCUT2D eigenvalue weighted by Crippen LogP contribution is -2.27. The van der Waals surface area contributed by atoms with E-state index in [2.05, 4.69) is 0 Å². The molecule has 0 amide bonds. The second kappa shape index (κ2) is 5.87. The summed E-state index contributed by atoms with van der Waals surface area (Å²) < 4.78 is 10.6. The highest BCUT2D eigenvalue weighted by molar-refractivity contribution is 5.84. The number of aldehydes is 1. The van der Waals surface area contributed by atoms with E-state index < -0.39 is 5.41 Å². The summed E-state index contributed by atoms with van der Waals surface area (Å²) >= 11 is 0. The first-order valence-electron chi connectivity index (χ1n) is 6.07. The van der Waals surface area contributed by atoms with Crippen molar-refractivity contribution >= 4 is 12.1 Å². The molecule has 1 aromatic rings. The number of hydrogen-bond donors (Lipinski definition) is 0. The fourth-order valence-corrected chi connectivity index (χ4v) is 2.21. The van der Waals surface area contributed by atoms with Gasteiger partial charge in [-0.2, -0.15) is 0 Å². The molecule has 1 atom stereocenters. The molecular formula is C15H20O4. The normalized spacial score (nSPS) is 13.5. The molecule has 4 heteroatoms. The van der Waals surface area contributed by atoms with Gasteiger partial charge in [-0.3, -0.25) is 4.79 Å². The molecule has 4 nitrogen and oxygen atoms in total. The molecule has 0 saturated heterocycles. The van der Waals surface area contributed by atoms with Crippen molar-refractivity contribution in [1.29, 1.82) is 0 Å². The Hall–Kier alpha value is -1.84. The zero-order valence-electron chi connectivity index (χ0n) is 12.1. The van der Waals surface area contributed by atoms with Crippen LogP contribution in [0.2, 0.25) is 0 Å². The molecule has 0 aliphatic carbocycles. The van der Waals surface area contributed by atoms with Crippen LogP contribution in [-0.4, -0.2) is 26.3 Å². The number of hydrogen-bond acceptors (Lipinski definition) is 4. The fraction of sp³-hybridized carbons (Fsp3) is 0.467. The quantitative estimate of drug-likeness (QED) is 0.741. The Morgan fingerprint density at radius 1 is 1.26 bits per heavy atom. The first-order valence-corrected chi connectivity index (χ1v) is 6.07. The number of carbonyl (C=O) groups excluding carboxylic acids is 2. The van der Waals surface area contributed by atoms with Crippen LogP contribution in [0.5, 0.6) is 11.5 Å². The third-order valence-corrected chi connectivity index (χ3v) is 3.21. The molecule has 0 spiro atoms. The van der Waals surface area contributed by atoms with Crippen LogP contribution >= 0.6 is 0 Å². The molecule has 0 unspecified atom stereocenters. The van der Waals surface area contributed by atoms with Crippen LogP contribution in [0.15, 0.2) is 12.1 Å². The summed E-state index contributed by atoms with van der Waals surface area (Å²) in [4.78, 5) is 22.8. The molecule has 19 heavy (non-hydrogen) atoms. The van der Waals surface area contributed by atoms with Gasteiger partial charge in [-0.25, -0.2) is 0 Å². The Bertz CT molecular complexity index is 493. The molecule has 0 saturated carbocycles. The number of rotatable bonds is 6. The zero-order valence-corrected chi connectivity index (χ0v) is 12.1. The van der Waals surface area contributed by atoms with Crippen LogP contribution in [0.3, 0.4) is 0 Å². The predicted molar refractivity (Wildman–Crippen MR) is 73.0 cm³/mol. The van der Waals surface area contributed by atoms with Crippen molar-refractivity contribution in [3.05, 3.63) is 23.3 Å². The first-order chi connectivity index (χ1) is 8.87.